The molecule has 2 amide bonds. The van der Waals surface area contributed by atoms with E-state index in [4.69, 9.17) is 0 Å². The summed E-state index contributed by atoms with van der Waals surface area (Å²) in [6.07, 6.45) is 0. The molecule has 0 saturated heterocycles. The van der Waals surface area contributed by atoms with E-state index in [1.165, 1.54) is 30.0 Å². The van der Waals surface area contributed by atoms with E-state index in [9.17, 15) is 23.9 Å². The quantitative estimate of drug-likeness (QED) is 0.301. The van der Waals surface area contributed by atoms with E-state index in [1.54, 1.807) is 66.7 Å². The monoisotopic (exact) mass is 474 g/mol. The first-order valence-electron chi connectivity index (χ1n) is 10.3. The van der Waals surface area contributed by atoms with Crippen LogP contribution < -0.4 is 10.6 Å². The highest BCUT2D eigenvalue weighted by molar-refractivity contribution is 8.00. The molecule has 0 radical (unpaired) electrons. The van der Waals surface area contributed by atoms with Crippen molar-refractivity contribution < 1.29 is 23.9 Å². The Morgan fingerprint density at radius 2 is 1.47 bits per heavy atom. The van der Waals surface area contributed by atoms with Crippen LogP contribution in [-0.4, -0.2) is 28.6 Å². The van der Waals surface area contributed by atoms with Gasteiger partial charge in [0.05, 0.1) is 17.0 Å². The minimum atomic E-state index is -1.11. The highest BCUT2D eigenvalue weighted by atomic mass is 32.2. The number of halogens is 1. The van der Waals surface area contributed by atoms with Crippen molar-refractivity contribution >= 4 is 51.7 Å². The predicted molar refractivity (Wildman–Crippen MR) is 131 cm³/mol. The third-order valence-electron chi connectivity index (χ3n) is 5.01. The van der Waals surface area contributed by atoms with Crippen molar-refractivity contribution in [1.82, 2.24) is 0 Å². The maximum atomic E-state index is 13.6. The number of amides is 2. The molecule has 0 atom stereocenters. The number of fused-ring (bicyclic) bond motifs is 1. The number of nitrogens with one attached hydrogen (secondary N) is 2. The molecule has 0 aliphatic rings. The first-order valence-corrected chi connectivity index (χ1v) is 11.2. The highest BCUT2D eigenvalue weighted by Gasteiger charge is 2.16. The maximum absolute atomic E-state index is 13.6. The molecule has 170 valence electrons. The molecule has 0 unspecified atom stereocenters. The van der Waals surface area contributed by atoms with E-state index in [2.05, 4.69) is 10.6 Å². The van der Waals surface area contributed by atoms with E-state index in [0.717, 1.165) is 4.90 Å². The van der Waals surface area contributed by atoms with Crippen molar-refractivity contribution in [2.24, 2.45) is 0 Å². The SMILES string of the molecule is O=C(CSc1ccc(NC(=O)c2cccc3cccc(C(=O)O)c23)cc1)Nc1ccccc1F. The van der Waals surface area contributed by atoms with Gasteiger partial charge in [-0.1, -0.05) is 36.4 Å². The minimum absolute atomic E-state index is 0.0589. The zero-order chi connectivity index (χ0) is 24.1. The zero-order valence-corrected chi connectivity index (χ0v) is 18.6. The number of carbonyl (C=O) groups excluding carboxylic acids is 2. The van der Waals surface area contributed by atoms with Crippen LogP contribution in [0.4, 0.5) is 15.8 Å². The molecule has 0 bridgehead atoms. The van der Waals surface area contributed by atoms with Crippen LogP contribution in [0.1, 0.15) is 20.7 Å². The van der Waals surface area contributed by atoms with E-state index >= 15 is 0 Å². The Balaban J connectivity index is 1.41. The molecule has 0 aromatic heterocycles. The normalized spacial score (nSPS) is 10.6. The van der Waals surface area contributed by atoms with E-state index in [0.29, 0.717) is 16.5 Å². The summed E-state index contributed by atoms with van der Waals surface area (Å²) in [4.78, 5) is 37.4. The molecule has 4 aromatic carbocycles. The average Bonchev–Trinajstić information content (AvgIpc) is 2.84. The van der Waals surface area contributed by atoms with Crippen molar-refractivity contribution in [3.63, 3.8) is 0 Å². The fourth-order valence-electron chi connectivity index (χ4n) is 3.44. The number of hydrogen-bond acceptors (Lipinski definition) is 4. The Morgan fingerprint density at radius 3 is 2.15 bits per heavy atom. The van der Waals surface area contributed by atoms with Crippen LogP contribution in [0.25, 0.3) is 10.8 Å². The summed E-state index contributed by atoms with van der Waals surface area (Å²) in [5, 5.41) is 15.9. The van der Waals surface area contributed by atoms with Crippen LogP contribution in [0.2, 0.25) is 0 Å². The number of carbonyl (C=O) groups is 3. The fourth-order valence-corrected chi connectivity index (χ4v) is 4.14. The predicted octanol–water partition coefficient (Wildman–Crippen LogP) is 5.66. The highest BCUT2D eigenvalue weighted by Crippen LogP contribution is 2.25. The third kappa shape index (κ3) is 5.24. The van der Waals surface area contributed by atoms with Gasteiger partial charge in [-0.05, 0) is 53.9 Å². The lowest BCUT2D eigenvalue weighted by atomic mass is 9.98. The minimum Gasteiger partial charge on any atom is -0.478 e. The summed E-state index contributed by atoms with van der Waals surface area (Å²) in [5.74, 6) is -2.27. The first kappa shape index (κ1) is 23.0. The molecule has 34 heavy (non-hydrogen) atoms. The number of carboxylic acid groups (broad SMARTS) is 1. The summed E-state index contributed by atoms with van der Waals surface area (Å²) in [7, 11) is 0. The average molecular weight is 475 g/mol. The Hall–Kier alpha value is -4.17. The van der Waals surface area contributed by atoms with Gasteiger partial charge in [-0.3, -0.25) is 9.59 Å². The van der Waals surface area contributed by atoms with E-state index < -0.39 is 17.7 Å². The van der Waals surface area contributed by atoms with Crippen LogP contribution in [0.3, 0.4) is 0 Å². The molecule has 8 heteroatoms. The maximum Gasteiger partial charge on any atom is 0.336 e. The van der Waals surface area contributed by atoms with Crippen LogP contribution in [0.15, 0.2) is 89.8 Å². The van der Waals surface area contributed by atoms with Crippen molar-refractivity contribution in [3.05, 3.63) is 102 Å². The number of rotatable bonds is 7. The van der Waals surface area contributed by atoms with Crippen molar-refractivity contribution in [1.29, 1.82) is 0 Å². The molecule has 0 aliphatic carbocycles. The Labute approximate surface area is 198 Å². The number of para-hydroxylation sites is 1. The van der Waals surface area contributed by atoms with Crippen LogP contribution in [-0.2, 0) is 4.79 Å². The molecular weight excluding hydrogens is 455 g/mol. The van der Waals surface area contributed by atoms with Gasteiger partial charge in [-0.2, -0.15) is 0 Å². The van der Waals surface area contributed by atoms with Gasteiger partial charge in [0.2, 0.25) is 5.91 Å². The lowest BCUT2D eigenvalue weighted by Crippen LogP contribution is -2.15. The van der Waals surface area contributed by atoms with Crippen molar-refractivity contribution in [2.45, 2.75) is 4.90 Å². The smallest absolute Gasteiger partial charge is 0.336 e. The zero-order valence-electron chi connectivity index (χ0n) is 17.7. The molecule has 4 rings (SSSR count). The van der Waals surface area contributed by atoms with Gasteiger partial charge in [-0.15, -0.1) is 11.8 Å². The molecule has 0 spiro atoms. The summed E-state index contributed by atoms with van der Waals surface area (Å²) < 4.78 is 13.6. The lowest BCUT2D eigenvalue weighted by Gasteiger charge is -2.11. The topological polar surface area (TPSA) is 95.5 Å². The largest absolute Gasteiger partial charge is 0.478 e. The molecular formula is C26H19FN2O4S. The first-order chi connectivity index (χ1) is 16.4. The van der Waals surface area contributed by atoms with Crippen molar-refractivity contribution in [2.75, 3.05) is 16.4 Å². The number of thioether (sulfide) groups is 1. The third-order valence-corrected chi connectivity index (χ3v) is 6.02. The number of aromatic carboxylic acids is 1. The lowest BCUT2D eigenvalue weighted by molar-refractivity contribution is -0.113. The second-order valence-corrected chi connectivity index (χ2v) is 8.36. The number of benzene rings is 4. The second kappa shape index (κ2) is 10.2. The molecule has 6 nitrogen and oxygen atoms in total. The Bertz CT molecular complexity index is 1380. The van der Waals surface area contributed by atoms with E-state index in [1.807, 2.05) is 0 Å². The number of hydrogen-bond donors (Lipinski definition) is 3. The van der Waals surface area contributed by atoms with Gasteiger partial charge in [0.15, 0.2) is 0 Å². The molecule has 0 aliphatic heterocycles. The summed E-state index contributed by atoms with van der Waals surface area (Å²) >= 11 is 1.27. The number of carboxylic acids is 1. The van der Waals surface area contributed by atoms with Crippen molar-refractivity contribution in [3.8, 4) is 0 Å². The van der Waals surface area contributed by atoms with E-state index in [-0.39, 0.29) is 28.5 Å². The second-order valence-electron chi connectivity index (χ2n) is 7.31. The van der Waals surface area contributed by atoms with Gasteiger partial charge in [-0.25, -0.2) is 9.18 Å². The summed E-state index contributed by atoms with van der Waals surface area (Å²) in [6.45, 7) is 0. The number of anilines is 2. The molecule has 4 aromatic rings. The van der Waals surface area contributed by atoms with Crippen LogP contribution in [0, 0.1) is 5.82 Å². The van der Waals surface area contributed by atoms with Gasteiger partial charge in [0.1, 0.15) is 5.82 Å². The standard InChI is InChI=1S/C26H19FN2O4S/c27-21-9-1-2-10-22(21)29-23(30)15-34-18-13-11-17(12-14-18)28-25(31)19-7-3-5-16-6-4-8-20(24(16)19)26(32)33/h1-14H,15H2,(H,28,31)(H,29,30)(H,32,33). The van der Waals surface area contributed by atoms with Crippen LogP contribution in [0.5, 0.6) is 0 Å². The molecule has 0 saturated carbocycles. The van der Waals surface area contributed by atoms with Gasteiger partial charge >= 0.3 is 5.97 Å². The summed E-state index contributed by atoms with van der Waals surface area (Å²) in [6, 6.07) is 22.8. The van der Waals surface area contributed by atoms with Crippen LogP contribution >= 0.6 is 11.8 Å². The fraction of sp³-hybridized carbons (Fsp3) is 0.0385. The van der Waals surface area contributed by atoms with Gasteiger partial charge < -0.3 is 15.7 Å². The summed E-state index contributed by atoms with van der Waals surface area (Å²) in [5.41, 5.74) is 0.975. The van der Waals surface area contributed by atoms with Gasteiger partial charge in [0, 0.05) is 21.5 Å². The Morgan fingerprint density at radius 1 is 0.794 bits per heavy atom. The molecule has 0 heterocycles. The van der Waals surface area contributed by atoms with Gasteiger partial charge in [0.25, 0.3) is 5.91 Å². The molecule has 3 N–H and O–H groups in total. The Kier molecular flexibility index (Phi) is 6.89. The molecule has 0 fully saturated rings.